The minimum atomic E-state index is -1.34. The number of aromatic nitrogens is 1. The normalized spacial score (nSPS) is 12.0. The lowest BCUT2D eigenvalue weighted by molar-refractivity contribution is -0.118. The number of carbonyl (C=O) groups excluding carboxylic acids is 1. The summed E-state index contributed by atoms with van der Waals surface area (Å²) in [6.45, 7) is 6.39. The van der Waals surface area contributed by atoms with Crippen LogP contribution in [0.15, 0.2) is 52.9 Å². The van der Waals surface area contributed by atoms with E-state index in [1.165, 1.54) is 11.1 Å². The zero-order chi connectivity index (χ0) is 20.8. The van der Waals surface area contributed by atoms with Gasteiger partial charge in [0.2, 0.25) is 5.89 Å². The Balaban J connectivity index is 1.48. The molecular weight excluding hydrogens is 384 g/mol. The summed E-state index contributed by atoms with van der Waals surface area (Å²) in [5, 5.41) is 2.84. The van der Waals surface area contributed by atoms with Gasteiger partial charge in [0, 0.05) is 12.1 Å². The van der Waals surface area contributed by atoms with Gasteiger partial charge in [-0.1, -0.05) is 47.5 Å². The molecule has 3 rings (SSSR count). The minimum Gasteiger partial charge on any atom is -0.616 e. The Morgan fingerprint density at radius 1 is 1.03 bits per heavy atom. The van der Waals surface area contributed by atoms with Crippen molar-refractivity contribution in [3.05, 3.63) is 76.7 Å². The number of oxazole rings is 1. The number of carbonyl (C=O) groups is 1. The summed E-state index contributed by atoms with van der Waals surface area (Å²) < 4.78 is 18.1. The molecule has 1 atom stereocenters. The quantitative estimate of drug-likeness (QED) is 0.572. The number of rotatable bonds is 8. The maximum atomic E-state index is 12.4. The average molecular weight is 411 g/mol. The third kappa shape index (κ3) is 6.21. The monoisotopic (exact) mass is 410 g/mol. The molecule has 2 aromatic carbocycles. The third-order valence-electron chi connectivity index (χ3n) is 4.64. The fourth-order valence-corrected chi connectivity index (χ4v) is 3.95. The van der Waals surface area contributed by atoms with Gasteiger partial charge in [-0.3, -0.25) is 4.79 Å². The summed E-state index contributed by atoms with van der Waals surface area (Å²) in [4.78, 5) is 16.6. The van der Waals surface area contributed by atoms with E-state index >= 15 is 0 Å². The summed E-state index contributed by atoms with van der Waals surface area (Å²) in [5.41, 5.74) is 5.04. The maximum Gasteiger partial charge on any atom is 0.269 e. The van der Waals surface area contributed by atoms with Crippen LogP contribution in [0.2, 0.25) is 0 Å². The first-order valence-electron chi connectivity index (χ1n) is 9.61. The molecule has 0 aliphatic heterocycles. The standard InChI is InChI=1S/C23H26N2O3S/c1-16-4-8-19(9-5-16)12-13-24-22(26)15-29(27)14-21-18(3)28-23(25-21)20-10-6-17(2)7-11-20/h4-11H,12-15H2,1-3H3,(H,24,26). The van der Waals surface area contributed by atoms with Crippen LogP contribution in [0.4, 0.5) is 0 Å². The lowest BCUT2D eigenvalue weighted by atomic mass is 10.1. The topological polar surface area (TPSA) is 78.2 Å². The maximum absolute atomic E-state index is 12.4. The van der Waals surface area contributed by atoms with Crippen LogP contribution in [0, 0.1) is 20.8 Å². The van der Waals surface area contributed by atoms with Crippen molar-refractivity contribution in [2.75, 3.05) is 12.3 Å². The van der Waals surface area contributed by atoms with E-state index in [9.17, 15) is 9.35 Å². The average Bonchev–Trinajstić information content (AvgIpc) is 3.04. The van der Waals surface area contributed by atoms with Gasteiger partial charge >= 0.3 is 0 Å². The van der Waals surface area contributed by atoms with E-state index in [-0.39, 0.29) is 17.4 Å². The van der Waals surface area contributed by atoms with Crippen molar-refractivity contribution < 1.29 is 13.8 Å². The Morgan fingerprint density at radius 3 is 2.31 bits per heavy atom. The molecular formula is C23H26N2O3S. The van der Waals surface area contributed by atoms with Crippen LogP contribution >= 0.6 is 0 Å². The predicted molar refractivity (Wildman–Crippen MR) is 116 cm³/mol. The molecule has 0 saturated carbocycles. The Bertz CT molecular complexity index is 949. The molecule has 0 bridgehead atoms. The first-order valence-corrected chi connectivity index (χ1v) is 11.1. The smallest absolute Gasteiger partial charge is 0.269 e. The van der Waals surface area contributed by atoms with Crippen LogP contribution in [-0.4, -0.2) is 27.7 Å². The van der Waals surface area contributed by atoms with Gasteiger partial charge in [-0.25, -0.2) is 4.98 Å². The largest absolute Gasteiger partial charge is 0.616 e. The highest BCUT2D eigenvalue weighted by Crippen LogP contribution is 2.23. The van der Waals surface area contributed by atoms with Crippen LogP contribution in [0.25, 0.3) is 11.5 Å². The molecule has 3 aromatic rings. The molecule has 0 aliphatic rings. The molecule has 29 heavy (non-hydrogen) atoms. The second kappa shape index (κ2) is 9.76. The lowest BCUT2D eigenvalue weighted by Crippen LogP contribution is -2.32. The molecule has 0 saturated heterocycles. The van der Waals surface area contributed by atoms with Crippen molar-refractivity contribution >= 4 is 17.1 Å². The van der Waals surface area contributed by atoms with Gasteiger partial charge in [0.1, 0.15) is 11.5 Å². The van der Waals surface area contributed by atoms with Gasteiger partial charge < -0.3 is 14.3 Å². The van der Waals surface area contributed by atoms with Crippen molar-refractivity contribution in [3.8, 4) is 11.5 Å². The molecule has 1 aromatic heterocycles. The summed E-state index contributed by atoms with van der Waals surface area (Å²) in [6, 6.07) is 16.1. The van der Waals surface area contributed by atoms with Gasteiger partial charge in [0.25, 0.3) is 5.91 Å². The second-order valence-electron chi connectivity index (χ2n) is 7.20. The third-order valence-corrected chi connectivity index (χ3v) is 5.82. The zero-order valence-corrected chi connectivity index (χ0v) is 17.8. The van der Waals surface area contributed by atoms with Crippen LogP contribution in [0.1, 0.15) is 28.1 Å². The molecule has 0 fully saturated rings. The first kappa shape index (κ1) is 21.1. The number of nitrogens with zero attached hydrogens (tertiary/aromatic N) is 1. The molecule has 1 unspecified atom stereocenters. The van der Waals surface area contributed by atoms with Crippen LogP contribution in [0.3, 0.4) is 0 Å². The molecule has 5 nitrogen and oxygen atoms in total. The van der Waals surface area contributed by atoms with Crippen molar-refractivity contribution in [1.29, 1.82) is 0 Å². The van der Waals surface area contributed by atoms with E-state index in [4.69, 9.17) is 4.42 Å². The Kier molecular flexibility index (Phi) is 7.12. The number of aryl methyl sites for hydroxylation is 3. The predicted octanol–water partition coefficient (Wildman–Crippen LogP) is 3.87. The minimum absolute atomic E-state index is 0.0416. The van der Waals surface area contributed by atoms with E-state index in [0.29, 0.717) is 23.9 Å². The van der Waals surface area contributed by atoms with Gasteiger partial charge in [0.15, 0.2) is 11.5 Å². The summed E-state index contributed by atoms with van der Waals surface area (Å²) in [5.74, 6) is 1.09. The molecule has 1 N–H and O–H groups in total. The number of amides is 1. The highest BCUT2D eigenvalue weighted by molar-refractivity contribution is 7.91. The van der Waals surface area contributed by atoms with Gasteiger partial charge in [-0.05, 0) is 56.1 Å². The Labute approximate surface area is 174 Å². The number of hydrogen-bond donors (Lipinski definition) is 1. The van der Waals surface area contributed by atoms with Crippen LogP contribution in [0.5, 0.6) is 0 Å². The fraction of sp³-hybridized carbons (Fsp3) is 0.304. The summed E-state index contributed by atoms with van der Waals surface area (Å²) in [7, 11) is 0. The van der Waals surface area contributed by atoms with E-state index in [0.717, 1.165) is 17.5 Å². The van der Waals surface area contributed by atoms with E-state index in [1.807, 2.05) is 38.1 Å². The van der Waals surface area contributed by atoms with Crippen LogP contribution < -0.4 is 5.32 Å². The van der Waals surface area contributed by atoms with Gasteiger partial charge in [-0.15, -0.1) is 0 Å². The summed E-state index contributed by atoms with van der Waals surface area (Å²) in [6.07, 6.45) is 0.751. The number of hydrogen-bond acceptors (Lipinski definition) is 4. The Hall–Kier alpha value is -2.57. The molecule has 0 spiro atoms. The zero-order valence-electron chi connectivity index (χ0n) is 17.0. The SMILES string of the molecule is Cc1ccc(CCNC(=O)C[S+]([O-])Cc2nc(-c3ccc(C)cc3)oc2C)cc1. The molecule has 0 aliphatic carbocycles. The first-order chi connectivity index (χ1) is 13.9. The van der Waals surface area contributed by atoms with E-state index in [2.05, 4.69) is 34.6 Å². The van der Waals surface area contributed by atoms with Crippen molar-refractivity contribution in [2.45, 2.75) is 32.9 Å². The molecule has 1 amide bonds. The van der Waals surface area contributed by atoms with Gasteiger partial charge in [0.05, 0.1) is 0 Å². The van der Waals surface area contributed by atoms with E-state index < -0.39 is 11.2 Å². The van der Waals surface area contributed by atoms with E-state index in [1.54, 1.807) is 6.92 Å². The highest BCUT2D eigenvalue weighted by Gasteiger charge is 2.19. The summed E-state index contributed by atoms with van der Waals surface area (Å²) >= 11 is -1.34. The number of benzene rings is 2. The highest BCUT2D eigenvalue weighted by atomic mass is 32.2. The van der Waals surface area contributed by atoms with Crippen molar-refractivity contribution in [1.82, 2.24) is 10.3 Å². The second-order valence-corrected chi connectivity index (χ2v) is 8.66. The van der Waals surface area contributed by atoms with Crippen molar-refractivity contribution in [3.63, 3.8) is 0 Å². The molecule has 6 heteroatoms. The van der Waals surface area contributed by atoms with Gasteiger partial charge in [-0.2, -0.15) is 0 Å². The lowest BCUT2D eigenvalue weighted by Gasteiger charge is -2.10. The number of nitrogens with one attached hydrogen (secondary N) is 1. The van der Waals surface area contributed by atoms with Crippen LogP contribution in [-0.2, 0) is 28.1 Å². The van der Waals surface area contributed by atoms with Crippen molar-refractivity contribution in [2.24, 2.45) is 0 Å². The fourth-order valence-electron chi connectivity index (χ4n) is 2.88. The molecule has 1 heterocycles. The Morgan fingerprint density at radius 2 is 1.66 bits per heavy atom. The molecule has 152 valence electrons. The molecule has 0 radical (unpaired) electrons.